The van der Waals surface area contributed by atoms with Gasteiger partial charge < -0.3 is 14.8 Å². The SMILES string of the molecule is COCc1cc(NC[C@@H]2CCCCO2)n2nccc2n1. The highest BCUT2D eigenvalue weighted by molar-refractivity contribution is 5.49. The van der Waals surface area contributed by atoms with E-state index in [0.717, 1.165) is 36.7 Å². The molecule has 3 heterocycles. The Morgan fingerprint density at radius 1 is 1.50 bits per heavy atom. The van der Waals surface area contributed by atoms with Crippen molar-refractivity contribution in [3.63, 3.8) is 0 Å². The zero-order valence-corrected chi connectivity index (χ0v) is 11.7. The minimum absolute atomic E-state index is 0.286. The van der Waals surface area contributed by atoms with Gasteiger partial charge in [-0.05, 0) is 19.3 Å². The van der Waals surface area contributed by atoms with Crippen LogP contribution in [-0.4, -0.2) is 41.0 Å². The highest BCUT2D eigenvalue weighted by Crippen LogP contribution is 2.16. The monoisotopic (exact) mass is 276 g/mol. The topological polar surface area (TPSA) is 60.7 Å². The molecule has 0 aliphatic carbocycles. The minimum Gasteiger partial charge on any atom is -0.378 e. The van der Waals surface area contributed by atoms with Crippen LogP contribution in [0.5, 0.6) is 0 Å². The second-order valence-electron chi connectivity index (χ2n) is 5.04. The lowest BCUT2D eigenvalue weighted by atomic mass is 10.1. The van der Waals surface area contributed by atoms with Crippen LogP contribution in [0.25, 0.3) is 5.65 Å². The number of fused-ring (bicyclic) bond motifs is 1. The van der Waals surface area contributed by atoms with Gasteiger partial charge in [0.25, 0.3) is 0 Å². The highest BCUT2D eigenvalue weighted by Gasteiger charge is 2.14. The molecule has 3 rings (SSSR count). The van der Waals surface area contributed by atoms with Crippen LogP contribution < -0.4 is 5.32 Å². The normalized spacial score (nSPS) is 19.4. The van der Waals surface area contributed by atoms with Crippen molar-refractivity contribution in [3.8, 4) is 0 Å². The summed E-state index contributed by atoms with van der Waals surface area (Å²) in [7, 11) is 1.67. The number of aromatic nitrogens is 3. The fourth-order valence-corrected chi connectivity index (χ4v) is 2.50. The summed E-state index contributed by atoms with van der Waals surface area (Å²) < 4.78 is 12.7. The summed E-state index contributed by atoms with van der Waals surface area (Å²) in [5.74, 6) is 0.932. The van der Waals surface area contributed by atoms with Gasteiger partial charge in [0.1, 0.15) is 5.82 Å². The molecule has 108 valence electrons. The third-order valence-electron chi connectivity index (χ3n) is 3.49. The van der Waals surface area contributed by atoms with Crippen LogP contribution in [-0.2, 0) is 16.1 Å². The van der Waals surface area contributed by atoms with Gasteiger partial charge >= 0.3 is 0 Å². The van der Waals surface area contributed by atoms with Crippen molar-refractivity contribution in [2.24, 2.45) is 0 Å². The molecule has 20 heavy (non-hydrogen) atoms. The van der Waals surface area contributed by atoms with Crippen LogP contribution in [0, 0.1) is 0 Å². The van der Waals surface area contributed by atoms with Gasteiger partial charge in [-0.2, -0.15) is 9.61 Å². The predicted molar refractivity (Wildman–Crippen MR) is 75.8 cm³/mol. The van der Waals surface area contributed by atoms with Gasteiger partial charge in [-0.25, -0.2) is 4.98 Å². The second kappa shape index (κ2) is 6.19. The summed E-state index contributed by atoms with van der Waals surface area (Å²) in [6.07, 6.45) is 5.57. The molecule has 6 nitrogen and oxygen atoms in total. The van der Waals surface area contributed by atoms with E-state index in [4.69, 9.17) is 9.47 Å². The van der Waals surface area contributed by atoms with Crippen LogP contribution in [0.2, 0.25) is 0 Å². The molecule has 0 bridgehead atoms. The molecule has 1 N–H and O–H groups in total. The van der Waals surface area contributed by atoms with Crippen LogP contribution in [0.15, 0.2) is 18.3 Å². The Bertz CT molecular complexity index is 563. The predicted octanol–water partition coefficient (Wildman–Crippen LogP) is 1.86. The van der Waals surface area contributed by atoms with Gasteiger partial charge in [0.05, 0.1) is 24.6 Å². The molecule has 1 fully saturated rings. The van der Waals surface area contributed by atoms with Crippen molar-refractivity contribution in [2.45, 2.75) is 32.0 Å². The minimum atomic E-state index is 0.286. The number of rotatable bonds is 5. The Morgan fingerprint density at radius 2 is 2.45 bits per heavy atom. The maximum absolute atomic E-state index is 5.74. The zero-order valence-electron chi connectivity index (χ0n) is 11.7. The van der Waals surface area contributed by atoms with E-state index >= 15 is 0 Å². The molecule has 2 aromatic heterocycles. The number of anilines is 1. The van der Waals surface area contributed by atoms with Crippen molar-refractivity contribution in [1.29, 1.82) is 0 Å². The molecule has 1 saturated heterocycles. The average molecular weight is 276 g/mol. The first kappa shape index (κ1) is 13.3. The third kappa shape index (κ3) is 2.91. The van der Waals surface area contributed by atoms with Crippen molar-refractivity contribution in [1.82, 2.24) is 14.6 Å². The number of ether oxygens (including phenoxy) is 2. The number of nitrogens with one attached hydrogen (secondary N) is 1. The van der Waals surface area contributed by atoms with Gasteiger partial charge in [0.15, 0.2) is 5.65 Å². The standard InChI is InChI=1S/C14H20N4O2/c1-19-10-11-8-14(18-13(17-11)5-6-16-18)15-9-12-4-2-3-7-20-12/h5-6,8,12,15H,2-4,7,9-10H2,1H3/t12-/m0/s1. The molecule has 2 aromatic rings. The molecular formula is C14H20N4O2. The Morgan fingerprint density at radius 3 is 3.25 bits per heavy atom. The van der Waals surface area contributed by atoms with Crippen LogP contribution >= 0.6 is 0 Å². The molecule has 1 aliphatic heterocycles. The first-order valence-corrected chi connectivity index (χ1v) is 7.05. The number of methoxy groups -OCH3 is 1. The van der Waals surface area contributed by atoms with E-state index in [1.54, 1.807) is 13.3 Å². The maximum Gasteiger partial charge on any atom is 0.157 e. The summed E-state index contributed by atoms with van der Waals surface area (Å²) in [5, 5.41) is 7.72. The second-order valence-corrected chi connectivity index (χ2v) is 5.04. The largest absolute Gasteiger partial charge is 0.378 e. The van der Waals surface area contributed by atoms with E-state index in [2.05, 4.69) is 15.4 Å². The van der Waals surface area contributed by atoms with E-state index < -0.39 is 0 Å². The summed E-state index contributed by atoms with van der Waals surface area (Å²) >= 11 is 0. The first-order chi connectivity index (χ1) is 9.86. The lowest BCUT2D eigenvalue weighted by Gasteiger charge is -2.23. The van der Waals surface area contributed by atoms with E-state index in [9.17, 15) is 0 Å². The number of hydrogen-bond donors (Lipinski definition) is 1. The molecule has 1 aliphatic rings. The fourth-order valence-electron chi connectivity index (χ4n) is 2.50. The maximum atomic E-state index is 5.74. The zero-order chi connectivity index (χ0) is 13.8. The Kier molecular flexibility index (Phi) is 4.13. The number of nitrogens with zero attached hydrogens (tertiary/aromatic N) is 3. The van der Waals surface area contributed by atoms with Crippen molar-refractivity contribution >= 4 is 11.5 Å². The molecule has 0 aromatic carbocycles. The van der Waals surface area contributed by atoms with Gasteiger partial charge in [0, 0.05) is 32.4 Å². The Balaban J connectivity index is 1.76. The van der Waals surface area contributed by atoms with Gasteiger partial charge in [-0.3, -0.25) is 0 Å². The lowest BCUT2D eigenvalue weighted by molar-refractivity contribution is 0.0247. The van der Waals surface area contributed by atoms with Crippen molar-refractivity contribution < 1.29 is 9.47 Å². The summed E-state index contributed by atoms with van der Waals surface area (Å²) in [4.78, 5) is 4.48. The smallest absolute Gasteiger partial charge is 0.157 e. The average Bonchev–Trinajstić information content (AvgIpc) is 2.95. The molecule has 0 radical (unpaired) electrons. The number of hydrogen-bond acceptors (Lipinski definition) is 5. The van der Waals surface area contributed by atoms with E-state index in [1.807, 2.05) is 16.6 Å². The molecule has 0 saturated carbocycles. The lowest BCUT2D eigenvalue weighted by Crippen LogP contribution is -2.27. The third-order valence-corrected chi connectivity index (χ3v) is 3.49. The van der Waals surface area contributed by atoms with E-state index in [1.165, 1.54) is 12.8 Å². The van der Waals surface area contributed by atoms with Crippen molar-refractivity contribution in [3.05, 3.63) is 24.0 Å². The van der Waals surface area contributed by atoms with Crippen LogP contribution in [0.3, 0.4) is 0 Å². The van der Waals surface area contributed by atoms with Crippen molar-refractivity contribution in [2.75, 3.05) is 25.6 Å². The summed E-state index contributed by atoms with van der Waals surface area (Å²) in [6.45, 7) is 2.16. The molecule has 6 heteroatoms. The molecule has 0 unspecified atom stereocenters. The molecule has 1 atom stereocenters. The van der Waals surface area contributed by atoms with Crippen LogP contribution in [0.1, 0.15) is 25.0 Å². The van der Waals surface area contributed by atoms with Gasteiger partial charge in [0.2, 0.25) is 0 Å². The first-order valence-electron chi connectivity index (χ1n) is 7.05. The van der Waals surface area contributed by atoms with E-state index in [0.29, 0.717) is 6.61 Å². The summed E-state index contributed by atoms with van der Waals surface area (Å²) in [5.41, 5.74) is 1.72. The Labute approximate surface area is 118 Å². The molecule has 0 spiro atoms. The Hall–Kier alpha value is -1.66. The quantitative estimate of drug-likeness (QED) is 0.903. The molecular weight excluding hydrogens is 256 g/mol. The van der Waals surface area contributed by atoms with Gasteiger partial charge in [-0.15, -0.1) is 0 Å². The van der Waals surface area contributed by atoms with Gasteiger partial charge in [-0.1, -0.05) is 0 Å². The fraction of sp³-hybridized carbons (Fsp3) is 0.571. The van der Waals surface area contributed by atoms with E-state index in [-0.39, 0.29) is 6.10 Å². The highest BCUT2D eigenvalue weighted by atomic mass is 16.5. The summed E-state index contributed by atoms with van der Waals surface area (Å²) in [6, 6.07) is 3.87. The van der Waals surface area contributed by atoms with Crippen LogP contribution in [0.4, 0.5) is 5.82 Å². The molecule has 0 amide bonds.